The number of methoxy groups -OCH3 is 1. The lowest BCUT2D eigenvalue weighted by atomic mass is 10.0. The summed E-state index contributed by atoms with van der Waals surface area (Å²) in [6, 6.07) is 10.4. The zero-order valence-corrected chi connectivity index (χ0v) is 15.8. The highest BCUT2D eigenvalue weighted by Crippen LogP contribution is 2.24. The van der Waals surface area contributed by atoms with E-state index in [1.165, 1.54) is 5.56 Å². The van der Waals surface area contributed by atoms with E-state index in [4.69, 9.17) is 4.74 Å². The molecule has 26 heavy (non-hydrogen) atoms. The summed E-state index contributed by atoms with van der Waals surface area (Å²) < 4.78 is 5.50. The lowest BCUT2D eigenvalue weighted by Gasteiger charge is -2.35. The van der Waals surface area contributed by atoms with Crippen molar-refractivity contribution < 1.29 is 14.3 Å². The number of ether oxygens (including phenoxy) is 1. The monoisotopic (exact) mass is 359 g/mol. The average molecular weight is 359 g/mol. The van der Waals surface area contributed by atoms with Crippen LogP contribution in [0.4, 0.5) is 0 Å². The molecule has 0 aromatic heterocycles. The van der Waals surface area contributed by atoms with Gasteiger partial charge in [0.1, 0.15) is 0 Å². The van der Waals surface area contributed by atoms with Gasteiger partial charge in [-0.05, 0) is 5.56 Å². The quantitative estimate of drug-likeness (QED) is 0.793. The molecule has 2 fully saturated rings. The fourth-order valence-electron chi connectivity index (χ4n) is 3.91. The van der Waals surface area contributed by atoms with Crippen LogP contribution in [0, 0.1) is 5.92 Å². The van der Waals surface area contributed by atoms with Gasteiger partial charge in [0, 0.05) is 72.2 Å². The topological polar surface area (TPSA) is 53.1 Å². The van der Waals surface area contributed by atoms with E-state index in [1.807, 2.05) is 11.0 Å². The van der Waals surface area contributed by atoms with E-state index in [1.54, 1.807) is 18.9 Å². The predicted molar refractivity (Wildman–Crippen MR) is 99.5 cm³/mol. The molecule has 0 bridgehead atoms. The number of benzene rings is 1. The Morgan fingerprint density at radius 1 is 1.04 bits per heavy atom. The molecule has 3 rings (SSSR count). The summed E-state index contributed by atoms with van der Waals surface area (Å²) in [7, 11) is 1.66. The van der Waals surface area contributed by atoms with Crippen LogP contribution in [0.5, 0.6) is 0 Å². The molecule has 2 atom stereocenters. The minimum Gasteiger partial charge on any atom is -0.379 e. The van der Waals surface area contributed by atoms with Gasteiger partial charge in [-0.15, -0.1) is 0 Å². The lowest BCUT2D eigenvalue weighted by molar-refractivity contribution is -0.135. The molecular weight excluding hydrogens is 330 g/mol. The maximum absolute atomic E-state index is 12.7. The van der Waals surface area contributed by atoms with E-state index in [0.29, 0.717) is 19.5 Å². The third kappa shape index (κ3) is 4.62. The van der Waals surface area contributed by atoms with Gasteiger partial charge >= 0.3 is 0 Å². The summed E-state index contributed by atoms with van der Waals surface area (Å²) in [5.41, 5.74) is 1.31. The predicted octanol–water partition coefficient (Wildman–Crippen LogP) is 1.21. The van der Waals surface area contributed by atoms with Crippen molar-refractivity contribution in [2.45, 2.75) is 26.0 Å². The van der Waals surface area contributed by atoms with Gasteiger partial charge in [0.2, 0.25) is 11.8 Å². The molecule has 2 amide bonds. The fraction of sp³-hybridized carbons (Fsp3) is 0.600. The van der Waals surface area contributed by atoms with Gasteiger partial charge in [0.05, 0.1) is 6.10 Å². The third-order valence-corrected chi connectivity index (χ3v) is 5.54. The van der Waals surface area contributed by atoms with E-state index in [-0.39, 0.29) is 23.8 Å². The molecule has 1 aromatic rings. The first-order valence-electron chi connectivity index (χ1n) is 9.39. The van der Waals surface area contributed by atoms with Crippen LogP contribution in [0.3, 0.4) is 0 Å². The van der Waals surface area contributed by atoms with Crippen LogP contribution in [0.2, 0.25) is 0 Å². The summed E-state index contributed by atoms with van der Waals surface area (Å²) in [5, 5.41) is 0. The van der Waals surface area contributed by atoms with Crippen LogP contribution in [0.15, 0.2) is 30.3 Å². The summed E-state index contributed by atoms with van der Waals surface area (Å²) in [6.45, 7) is 7.06. The molecule has 2 aliphatic rings. The van der Waals surface area contributed by atoms with Crippen LogP contribution in [0.25, 0.3) is 0 Å². The Morgan fingerprint density at radius 3 is 2.35 bits per heavy atom. The van der Waals surface area contributed by atoms with Crippen LogP contribution in [0.1, 0.15) is 18.9 Å². The molecule has 2 heterocycles. The van der Waals surface area contributed by atoms with Crippen molar-refractivity contribution in [2.75, 3.05) is 46.4 Å². The Hall–Kier alpha value is -1.92. The molecule has 0 N–H and O–H groups in total. The molecule has 6 nitrogen and oxygen atoms in total. The Morgan fingerprint density at radius 2 is 1.73 bits per heavy atom. The zero-order chi connectivity index (χ0) is 18.5. The molecule has 0 saturated carbocycles. The Labute approximate surface area is 155 Å². The Balaban J connectivity index is 1.47. The molecule has 142 valence electrons. The summed E-state index contributed by atoms with van der Waals surface area (Å²) in [5.74, 6) is 0.331. The van der Waals surface area contributed by atoms with Crippen molar-refractivity contribution in [3.8, 4) is 0 Å². The zero-order valence-electron chi connectivity index (χ0n) is 15.8. The molecule has 1 aromatic carbocycles. The first-order chi connectivity index (χ1) is 12.6. The van der Waals surface area contributed by atoms with E-state index in [0.717, 1.165) is 32.7 Å². The van der Waals surface area contributed by atoms with Gasteiger partial charge in [-0.25, -0.2) is 0 Å². The molecule has 6 heteroatoms. The minimum absolute atomic E-state index is 0.0396. The summed E-state index contributed by atoms with van der Waals surface area (Å²) in [6.07, 6.45) is 0.420. The third-order valence-electron chi connectivity index (χ3n) is 5.54. The van der Waals surface area contributed by atoms with Crippen molar-refractivity contribution in [3.05, 3.63) is 35.9 Å². The molecule has 2 saturated heterocycles. The molecule has 2 aliphatic heterocycles. The van der Waals surface area contributed by atoms with E-state index in [9.17, 15) is 9.59 Å². The normalized spacial score (nSPS) is 24.1. The highest BCUT2D eigenvalue weighted by molar-refractivity contribution is 5.77. The summed E-state index contributed by atoms with van der Waals surface area (Å²) >= 11 is 0. The number of rotatable bonds is 5. The van der Waals surface area contributed by atoms with Crippen molar-refractivity contribution in [3.63, 3.8) is 0 Å². The first-order valence-corrected chi connectivity index (χ1v) is 9.39. The average Bonchev–Trinajstić information content (AvgIpc) is 3.06. The van der Waals surface area contributed by atoms with Gasteiger partial charge in [-0.2, -0.15) is 0 Å². The second kappa shape index (κ2) is 8.64. The smallest absolute Gasteiger partial charge is 0.223 e. The van der Waals surface area contributed by atoms with Gasteiger partial charge in [-0.3, -0.25) is 14.5 Å². The number of amides is 2. The number of piperazine rings is 1. The summed E-state index contributed by atoms with van der Waals surface area (Å²) in [4.78, 5) is 30.4. The van der Waals surface area contributed by atoms with E-state index in [2.05, 4.69) is 29.2 Å². The number of likely N-dealkylation sites (tertiary alicyclic amines) is 1. The SMILES string of the molecule is CO[C@H]1CN(C(C)=O)C[C@@H]1CC(=O)N1CCN(Cc2ccccc2)CC1. The van der Waals surface area contributed by atoms with Crippen molar-refractivity contribution >= 4 is 11.8 Å². The van der Waals surface area contributed by atoms with Crippen LogP contribution in [-0.2, 0) is 20.9 Å². The minimum atomic E-state index is -0.0396. The second-order valence-electron chi connectivity index (χ2n) is 7.30. The molecule has 0 spiro atoms. The number of nitrogens with zero attached hydrogens (tertiary/aromatic N) is 3. The van der Waals surface area contributed by atoms with Crippen LogP contribution < -0.4 is 0 Å². The van der Waals surface area contributed by atoms with Crippen LogP contribution >= 0.6 is 0 Å². The van der Waals surface area contributed by atoms with Gasteiger partial charge in [-0.1, -0.05) is 30.3 Å². The highest BCUT2D eigenvalue weighted by atomic mass is 16.5. The lowest BCUT2D eigenvalue weighted by Crippen LogP contribution is -2.49. The Bertz CT molecular complexity index is 614. The largest absolute Gasteiger partial charge is 0.379 e. The number of carbonyl (C=O) groups is 2. The molecular formula is C20H29N3O3. The van der Waals surface area contributed by atoms with Crippen molar-refractivity contribution in [2.24, 2.45) is 5.92 Å². The van der Waals surface area contributed by atoms with Crippen molar-refractivity contribution in [1.82, 2.24) is 14.7 Å². The molecule has 0 unspecified atom stereocenters. The molecule has 0 radical (unpaired) electrons. The van der Waals surface area contributed by atoms with Gasteiger partial charge < -0.3 is 14.5 Å². The van der Waals surface area contributed by atoms with Gasteiger partial charge in [0.25, 0.3) is 0 Å². The molecule has 0 aliphatic carbocycles. The maximum Gasteiger partial charge on any atom is 0.223 e. The fourth-order valence-corrected chi connectivity index (χ4v) is 3.91. The standard InChI is InChI=1S/C20H29N3O3/c1-16(24)23-14-18(19(15-23)26-2)12-20(25)22-10-8-21(9-11-22)13-17-6-4-3-5-7-17/h3-7,18-19H,8-15H2,1-2H3/t18-,19-/m0/s1. The number of hydrogen-bond acceptors (Lipinski definition) is 4. The second-order valence-corrected chi connectivity index (χ2v) is 7.30. The van der Waals surface area contributed by atoms with E-state index < -0.39 is 0 Å². The maximum atomic E-state index is 12.7. The van der Waals surface area contributed by atoms with Crippen molar-refractivity contribution in [1.29, 1.82) is 0 Å². The number of hydrogen-bond donors (Lipinski definition) is 0. The van der Waals surface area contributed by atoms with Gasteiger partial charge in [0.15, 0.2) is 0 Å². The number of carbonyl (C=O) groups excluding carboxylic acids is 2. The Kier molecular flexibility index (Phi) is 6.27. The van der Waals surface area contributed by atoms with E-state index >= 15 is 0 Å². The first kappa shape index (κ1) is 18.9. The van der Waals surface area contributed by atoms with Crippen LogP contribution in [-0.4, -0.2) is 79.0 Å². The highest BCUT2D eigenvalue weighted by Gasteiger charge is 2.36.